The second-order valence-corrected chi connectivity index (χ2v) is 6.53. The summed E-state index contributed by atoms with van der Waals surface area (Å²) in [5.41, 5.74) is 0. The van der Waals surface area contributed by atoms with Gasteiger partial charge in [0.15, 0.2) is 0 Å². The van der Waals surface area contributed by atoms with Crippen molar-refractivity contribution in [2.75, 3.05) is 0 Å². The van der Waals surface area contributed by atoms with Crippen LogP contribution in [-0.2, 0) is 0 Å². The molecule has 0 bridgehead atoms. The number of rotatable bonds is 0. The summed E-state index contributed by atoms with van der Waals surface area (Å²) in [4.78, 5) is 0. The van der Waals surface area contributed by atoms with Crippen molar-refractivity contribution in [3.05, 3.63) is 60.7 Å². The predicted octanol–water partition coefficient (Wildman–Crippen LogP) is 4.20. The van der Waals surface area contributed by atoms with Gasteiger partial charge in [-0.3, -0.25) is 0 Å². The third-order valence-corrected chi connectivity index (χ3v) is 5.65. The third kappa shape index (κ3) is 1.30. The van der Waals surface area contributed by atoms with Crippen molar-refractivity contribution in [3.8, 4) is 0 Å². The second-order valence-electron chi connectivity index (χ2n) is 4.26. The van der Waals surface area contributed by atoms with Gasteiger partial charge >= 0.3 is 105 Å². The molecule has 17 heavy (non-hydrogen) atoms. The monoisotopic (exact) mass is 282 g/mol. The van der Waals surface area contributed by atoms with E-state index in [1.165, 1.54) is 30.1 Å². The third-order valence-electron chi connectivity index (χ3n) is 3.27. The summed E-state index contributed by atoms with van der Waals surface area (Å²) in [6.07, 6.45) is 0. The van der Waals surface area contributed by atoms with Gasteiger partial charge in [0.05, 0.1) is 0 Å². The van der Waals surface area contributed by atoms with E-state index in [0.29, 0.717) is 14.5 Å². The standard InChI is InChI=1S/C16H10Se/c1-2-6-12-11(5-1)9-10-15-16(12)13-7-3-4-8-14(13)17-15/h1-10H. The van der Waals surface area contributed by atoms with Crippen molar-refractivity contribution >= 4 is 44.6 Å². The zero-order chi connectivity index (χ0) is 11.2. The Morgan fingerprint density at radius 2 is 1.35 bits per heavy atom. The average Bonchev–Trinajstić information content (AvgIpc) is 2.77. The molecule has 0 nitrogen and oxygen atoms in total. The van der Waals surface area contributed by atoms with Crippen molar-refractivity contribution in [1.82, 2.24) is 0 Å². The van der Waals surface area contributed by atoms with Crippen LogP contribution in [0.15, 0.2) is 60.7 Å². The van der Waals surface area contributed by atoms with Crippen LogP contribution in [0.5, 0.6) is 0 Å². The van der Waals surface area contributed by atoms with Gasteiger partial charge in [0.2, 0.25) is 0 Å². The van der Waals surface area contributed by atoms with E-state index < -0.39 is 0 Å². The number of benzene rings is 3. The summed E-state index contributed by atoms with van der Waals surface area (Å²) in [6.45, 7) is 0. The molecular formula is C16H10Se. The van der Waals surface area contributed by atoms with Crippen molar-refractivity contribution in [2.24, 2.45) is 0 Å². The fourth-order valence-electron chi connectivity index (χ4n) is 2.50. The van der Waals surface area contributed by atoms with Gasteiger partial charge < -0.3 is 0 Å². The Hall–Kier alpha value is -1.56. The molecule has 4 aromatic rings. The first-order valence-corrected chi connectivity index (χ1v) is 7.44. The van der Waals surface area contributed by atoms with Crippen molar-refractivity contribution in [3.63, 3.8) is 0 Å². The predicted molar refractivity (Wildman–Crippen MR) is 75.9 cm³/mol. The van der Waals surface area contributed by atoms with E-state index in [4.69, 9.17) is 0 Å². The molecule has 0 atom stereocenters. The topological polar surface area (TPSA) is 0 Å². The first-order valence-electron chi connectivity index (χ1n) is 5.72. The van der Waals surface area contributed by atoms with Gasteiger partial charge in [0.1, 0.15) is 0 Å². The Bertz CT molecular complexity index is 834. The summed E-state index contributed by atoms with van der Waals surface area (Å²) in [5.74, 6) is 0. The Morgan fingerprint density at radius 1 is 0.588 bits per heavy atom. The molecule has 0 aliphatic rings. The first-order chi connectivity index (χ1) is 8.43. The van der Waals surface area contributed by atoms with Gasteiger partial charge in [-0.15, -0.1) is 0 Å². The fraction of sp³-hybridized carbons (Fsp3) is 0. The van der Waals surface area contributed by atoms with Gasteiger partial charge in [-0.25, -0.2) is 0 Å². The van der Waals surface area contributed by atoms with Gasteiger partial charge in [-0.1, -0.05) is 0 Å². The molecule has 0 saturated heterocycles. The molecule has 0 amide bonds. The van der Waals surface area contributed by atoms with E-state index in [1.54, 1.807) is 0 Å². The molecule has 4 rings (SSSR count). The van der Waals surface area contributed by atoms with E-state index in [-0.39, 0.29) is 0 Å². The Balaban J connectivity index is 2.38. The zero-order valence-corrected chi connectivity index (χ0v) is 10.9. The van der Waals surface area contributed by atoms with Crippen LogP contribution < -0.4 is 0 Å². The van der Waals surface area contributed by atoms with Crippen molar-refractivity contribution in [1.29, 1.82) is 0 Å². The molecule has 0 spiro atoms. The van der Waals surface area contributed by atoms with Gasteiger partial charge in [-0.05, 0) is 0 Å². The number of hydrogen-bond donors (Lipinski definition) is 0. The Labute approximate surface area is 105 Å². The summed E-state index contributed by atoms with van der Waals surface area (Å²) in [5, 5.41) is 5.66. The van der Waals surface area contributed by atoms with Crippen LogP contribution in [0, 0.1) is 0 Å². The molecular weight excluding hydrogens is 271 g/mol. The van der Waals surface area contributed by atoms with Crippen LogP contribution in [0.4, 0.5) is 0 Å². The minimum absolute atomic E-state index is 0.482. The van der Waals surface area contributed by atoms with E-state index in [0.717, 1.165) is 0 Å². The number of hydrogen-bond acceptors (Lipinski definition) is 0. The molecule has 0 fully saturated rings. The van der Waals surface area contributed by atoms with Crippen LogP contribution in [0.2, 0.25) is 0 Å². The molecule has 0 aliphatic carbocycles. The van der Waals surface area contributed by atoms with Crippen LogP contribution in [0.1, 0.15) is 0 Å². The summed E-state index contributed by atoms with van der Waals surface area (Å²) < 4.78 is 3.05. The molecule has 0 unspecified atom stereocenters. The summed E-state index contributed by atoms with van der Waals surface area (Å²) in [7, 11) is 0. The van der Waals surface area contributed by atoms with E-state index >= 15 is 0 Å². The summed E-state index contributed by atoms with van der Waals surface area (Å²) in [6, 6.07) is 22.1. The van der Waals surface area contributed by atoms with Gasteiger partial charge in [0, 0.05) is 0 Å². The van der Waals surface area contributed by atoms with Crippen LogP contribution in [-0.4, -0.2) is 14.5 Å². The molecule has 0 aliphatic heterocycles. The van der Waals surface area contributed by atoms with Crippen molar-refractivity contribution in [2.45, 2.75) is 0 Å². The van der Waals surface area contributed by atoms with Gasteiger partial charge in [-0.2, -0.15) is 0 Å². The summed E-state index contributed by atoms with van der Waals surface area (Å²) >= 11 is 0.482. The number of fused-ring (bicyclic) bond motifs is 5. The van der Waals surface area contributed by atoms with Crippen LogP contribution in [0.3, 0.4) is 0 Å². The Kier molecular flexibility index (Phi) is 1.93. The van der Waals surface area contributed by atoms with Crippen LogP contribution in [0.25, 0.3) is 30.1 Å². The molecule has 80 valence electrons. The second kappa shape index (κ2) is 3.46. The van der Waals surface area contributed by atoms with Crippen LogP contribution >= 0.6 is 0 Å². The zero-order valence-electron chi connectivity index (χ0n) is 9.18. The van der Waals surface area contributed by atoms with Crippen molar-refractivity contribution < 1.29 is 0 Å². The molecule has 0 radical (unpaired) electrons. The maximum absolute atomic E-state index is 2.30. The molecule has 1 aromatic heterocycles. The molecule has 3 aromatic carbocycles. The minimum atomic E-state index is 0.482. The maximum atomic E-state index is 2.30. The van der Waals surface area contributed by atoms with E-state index in [1.807, 2.05) is 0 Å². The van der Waals surface area contributed by atoms with E-state index in [2.05, 4.69) is 60.7 Å². The normalized spacial score (nSPS) is 11.5. The average molecular weight is 281 g/mol. The molecule has 1 heterocycles. The first kappa shape index (κ1) is 9.47. The molecule has 1 heteroatoms. The quantitative estimate of drug-likeness (QED) is 0.424. The van der Waals surface area contributed by atoms with E-state index in [9.17, 15) is 0 Å². The molecule has 0 saturated carbocycles. The fourth-order valence-corrected chi connectivity index (χ4v) is 4.85. The molecule has 0 N–H and O–H groups in total. The SMILES string of the molecule is c1ccc2c(c1)ccc1[se]c3ccccc3c12. The van der Waals surface area contributed by atoms with Gasteiger partial charge in [0.25, 0.3) is 0 Å². The Morgan fingerprint density at radius 3 is 2.29 bits per heavy atom.